The highest BCUT2D eigenvalue weighted by atomic mass is 16.5. The summed E-state index contributed by atoms with van der Waals surface area (Å²) >= 11 is 0. The molecule has 0 radical (unpaired) electrons. The third kappa shape index (κ3) is 5.58. The third-order valence-electron chi connectivity index (χ3n) is 6.80. The topological polar surface area (TPSA) is 154 Å². The van der Waals surface area contributed by atoms with Gasteiger partial charge in [0.05, 0.1) is 48.0 Å². The summed E-state index contributed by atoms with van der Waals surface area (Å²) in [4.78, 5) is 33.5. The summed E-state index contributed by atoms with van der Waals surface area (Å²) in [5, 5.41) is 21.3. The van der Waals surface area contributed by atoms with E-state index in [2.05, 4.69) is 35.6 Å². The number of hydrogen-bond acceptors (Lipinski definition) is 10. The lowest BCUT2D eigenvalue weighted by Gasteiger charge is -2.28. The molecule has 4 aromatic rings. The molecule has 2 unspecified atom stereocenters. The second kappa shape index (κ2) is 11.3. The van der Waals surface area contributed by atoms with E-state index in [1.54, 1.807) is 35.5 Å². The maximum Gasteiger partial charge on any atom is 0.306 e. The van der Waals surface area contributed by atoms with Crippen LogP contribution in [0, 0.1) is 18.8 Å². The number of anilines is 1. The quantitative estimate of drug-likeness (QED) is 0.337. The largest absolute Gasteiger partial charge is 0.491 e. The molecule has 0 spiro atoms. The fourth-order valence-corrected chi connectivity index (χ4v) is 4.72. The Morgan fingerprint density at radius 3 is 2.74 bits per heavy atom. The fraction of sp³-hybridized carbons (Fsp3) is 0.385. The molecule has 5 rings (SSSR count). The zero-order valence-corrected chi connectivity index (χ0v) is 21.3. The Kier molecular flexibility index (Phi) is 7.47. The monoisotopic (exact) mass is 515 g/mol. The number of pyridine rings is 1. The first-order valence-electron chi connectivity index (χ1n) is 12.5. The van der Waals surface area contributed by atoms with E-state index >= 15 is 0 Å². The van der Waals surface area contributed by atoms with Gasteiger partial charge >= 0.3 is 5.97 Å². The number of rotatable bonds is 9. The molecule has 0 aromatic carbocycles. The number of aryl methyl sites for hydroxylation is 2. The summed E-state index contributed by atoms with van der Waals surface area (Å²) in [6.45, 7) is 2.61. The third-order valence-corrected chi connectivity index (χ3v) is 6.80. The maximum atomic E-state index is 11.6. The van der Waals surface area contributed by atoms with Crippen LogP contribution in [0.2, 0.25) is 0 Å². The number of ether oxygens (including phenoxy) is 1. The summed E-state index contributed by atoms with van der Waals surface area (Å²) in [5.41, 5.74) is 4.13. The Balaban J connectivity index is 1.28. The summed E-state index contributed by atoms with van der Waals surface area (Å²) in [5.74, 6) is -0.00105. The van der Waals surface area contributed by atoms with E-state index in [1.807, 2.05) is 26.1 Å². The van der Waals surface area contributed by atoms with Crippen molar-refractivity contribution in [3.8, 4) is 28.5 Å². The molecule has 12 heteroatoms. The second-order valence-corrected chi connectivity index (χ2v) is 9.30. The van der Waals surface area contributed by atoms with Crippen LogP contribution in [0.3, 0.4) is 0 Å². The Morgan fingerprint density at radius 2 is 1.95 bits per heavy atom. The van der Waals surface area contributed by atoms with Crippen molar-refractivity contribution in [3.63, 3.8) is 0 Å². The van der Waals surface area contributed by atoms with E-state index in [-0.39, 0.29) is 11.8 Å². The van der Waals surface area contributed by atoms with E-state index in [4.69, 9.17) is 9.72 Å². The number of nitrogens with one attached hydrogen (secondary N) is 1. The lowest BCUT2D eigenvalue weighted by atomic mass is 9.80. The molecule has 1 fully saturated rings. The predicted molar refractivity (Wildman–Crippen MR) is 138 cm³/mol. The van der Waals surface area contributed by atoms with Crippen LogP contribution in [0.25, 0.3) is 22.8 Å². The van der Waals surface area contributed by atoms with Gasteiger partial charge in [0, 0.05) is 31.6 Å². The molecule has 0 saturated heterocycles. The van der Waals surface area contributed by atoms with Crippen LogP contribution < -0.4 is 10.1 Å². The summed E-state index contributed by atoms with van der Waals surface area (Å²) in [6, 6.07) is 5.48. The van der Waals surface area contributed by atoms with E-state index in [0.717, 1.165) is 25.0 Å². The molecular weight excluding hydrogens is 486 g/mol. The zero-order chi connectivity index (χ0) is 26.5. The Labute approximate surface area is 219 Å². The number of nitrogens with zero attached hydrogens (tertiary/aromatic N) is 8. The molecule has 4 heterocycles. The van der Waals surface area contributed by atoms with Crippen LogP contribution in [0.15, 0.2) is 43.0 Å². The standard InChI is InChI=1S/C26H29N9O3/c1-16-23(38-15-17-5-3-4-6-18(17)25(36)37)8-7-20(31-16)24-22(35(2)34-33-24)14-30-26-29-10-9-19(32-26)21-13-27-11-12-28-21/h7-13,17-18H,3-6,14-15H2,1-2H3,(H,36,37)(H,29,30,32). The number of carboxylic acid groups (broad SMARTS) is 1. The normalized spacial score (nSPS) is 17.2. The SMILES string of the molecule is Cc1nc(-c2nnn(C)c2CNc2nccc(-c3cnccn3)n2)ccc1OCC1CCCCC1C(=O)O. The van der Waals surface area contributed by atoms with Gasteiger partial charge in [-0.2, -0.15) is 0 Å². The van der Waals surface area contributed by atoms with Gasteiger partial charge in [0.15, 0.2) is 0 Å². The first-order valence-corrected chi connectivity index (χ1v) is 12.5. The second-order valence-electron chi connectivity index (χ2n) is 9.30. The van der Waals surface area contributed by atoms with Crippen molar-refractivity contribution in [1.29, 1.82) is 0 Å². The van der Waals surface area contributed by atoms with Crippen LogP contribution in [-0.4, -0.2) is 57.6 Å². The predicted octanol–water partition coefficient (Wildman–Crippen LogP) is 3.31. The van der Waals surface area contributed by atoms with Gasteiger partial charge < -0.3 is 15.2 Å². The van der Waals surface area contributed by atoms with Crippen LogP contribution in [0.5, 0.6) is 5.75 Å². The first-order chi connectivity index (χ1) is 18.5. The van der Waals surface area contributed by atoms with Gasteiger partial charge in [-0.25, -0.2) is 19.6 Å². The Bertz CT molecular complexity index is 1410. The molecule has 1 saturated carbocycles. The molecule has 1 aliphatic carbocycles. The van der Waals surface area contributed by atoms with E-state index in [0.29, 0.717) is 59.7 Å². The van der Waals surface area contributed by atoms with Crippen molar-refractivity contribution >= 4 is 11.9 Å². The van der Waals surface area contributed by atoms with Crippen molar-refractivity contribution in [1.82, 2.24) is 39.9 Å². The minimum atomic E-state index is -0.738. The van der Waals surface area contributed by atoms with E-state index in [1.165, 1.54) is 0 Å². The molecule has 196 valence electrons. The molecule has 0 bridgehead atoms. The average Bonchev–Trinajstić information content (AvgIpc) is 3.32. The molecule has 1 aliphatic rings. The van der Waals surface area contributed by atoms with Crippen molar-refractivity contribution in [2.75, 3.05) is 11.9 Å². The van der Waals surface area contributed by atoms with Crippen LogP contribution in [0.1, 0.15) is 37.1 Å². The minimum Gasteiger partial charge on any atom is -0.491 e. The van der Waals surface area contributed by atoms with E-state index in [9.17, 15) is 9.90 Å². The molecule has 2 atom stereocenters. The fourth-order valence-electron chi connectivity index (χ4n) is 4.72. The summed E-state index contributed by atoms with van der Waals surface area (Å²) in [6.07, 6.45) is 10.1. The lowest BCUT2D eigenvalue weighted by molar-refractivity contribution is -0.145. The smallest absolute Gasteiger partial charge is 0.306 e. The van der Waals surface area contributed by atoms with Crippen LogP contribution in [-0.2, 0) is 18.4 Å². The molecule has 12 nitrogen and oxygen atoms in total. The maximum absolute atomic E-state index is 11.6. The van der Waals surface area contributed by atoms with Gasteiger partial charge in [-0.05, 0) is 38.0 Å². The van der Waals surface area contributed by atoms with Crippen molar-refractivity contribution < 1.29 is 14.6 Å². The Hall–Kier alpha value is -4.48. The minimum absolute atomic E-state index is 0.00708. The first kappa shape index (κ1) is 25.2. The van der Waals surface area contributed by atoms with Crippen molar-refractivity contribution in [3.05, 3.63) is 54.4 Å². The highest BCUT2D eigenvalue weighted by Crippen LogP contribution is 2.32. The van der Waals surface area contributed by atoms with Crippen molar-refractivity contribution in [2.45, 2.75) is 39.2 Å². The molecule has 0 aliphatic heterocycles. The molecule has 38 heavy (non-hydrogen) atoms. The van der Waals surface area contributed by atoms with Gasteiger partial charge in [-0.3, -0.25) is 14.8 Å². The van der Waals surface area contributed by atoms with Gasteiger partial charge in [0.2, 0.25) is 5.95 Å². The average molecular weight is 516 g/mol. The summed E-state index contributed by atoms with van der Waals surface area (Å²) in [7, 11) is 1.82. The van der Waals surface area contributed by atoms with Crippen molar-refractivity contribution in [2.24, 2.45) is 18.9 Å². The molecule has 0 amide bonds. The highest BCUT2D eigenvalue weighted by Gasteiger charge is 2.31. The van der Waals surface area contributed by atoms with E-state index < -0.39 is 5.97 Å². The van der Waals surface area contributed by atoms with Gasteiger partial charge in [0.25, 0.3) is 0 Å². The highest BCUT2D eigenvalue weighted by molar-refractivity contribution is 5.70. The molecule has 4 aromatic heterocycles. The Morgan fingerprint density at radius 1 is 1.08 bits per heavy atom. The molecule has 2 N–H and O–H groups in total. The number of carbonyl (C=O) groups is 1. The number of aromatic nitrogens is 8. The van der Waals surface area contributed by atoms with Gasteiger partial charge in [0.1, 0.15) is 17.1 Å². The van der Waals surface area contributed by atoms with Gasteiger partial charge in [-0.15, -0.1) is 5.10 Å². The zero-order valence-electron chi connectivity index (χ0n) is 21.3. The number of carboxylic acids is 1. The van der Waals surface area contributed by atoms with Crippen LogP contribution >= 0.6 is 0 Å². The lowest BCUT2D eigenvalue weighted by Crippen LogP contribution is -2.31. The van der Waals surface area contributed by atoms with Gasteiger partial charge in [-0.1, -0.05) is 18.1 Å². The van der Waals surface area contributed by atoms with Crippen LogP contribution in [0.4, 0.5) is 5.95 Å². The number of hydrogen-bond donors (Lipinski definition) is 2. The number of aliphatic carboxylic acids is 1. The molecular formula is C26H29N9O3. The summed E-state index contributed by atoms with van der Waals surface area (Å²) < 4.78 is 7.72.